The van der Waals surface area contributed by atoms with E-state index < -0.39 is 24.4 Å². The predicted octanol–water partition coefficient (Wildman–Crippen LogP) is 7.44. The number of hydrogen-bond acceptors (Lipinski definition) is 5. The zero-order valence-corrected chi connectivity index (χ0v) is 26.7. The van der Waals surface area contributed by atoms with Gasteiger partial charge in [0.25, 0.3) is 0 Å². The van der Waals surface area contributed by atoms with Crippen molar-refractivity contribution in [2.75, 3.05) is 6.61 Å². The van der Waals surface area contributed by atoms with E-state index in [0.29, 0.717) is 26.3 Å². The number of benzene rings is 5. The summed E-state index contributed by atoms with van der Waals surface area (Å²) >= 11 is 0. The van der Waals surface area contributed by atoms with Gasteiger partial charge in [0.15, 0.2) is 0 Å². The summed E-state index contributed by atoms with van der Waals surface area (Å²) in [5.74, 6) is 3.06. The minimum absolute atomic E-state index is 0.0498. The number of terminal acetylenes is 1. The molecule has 0 aliphatic carbocycles. The highest BCUT2D eigenvalue weighted by molar-refractivity contribution is 5.21. The molecule has 47 heavy (non-hydrogen) atoms. The van der Waals surface area contributed by atoms with Gasteiger partial charge in [-0.15, -0.1) is 6.42 Å². The van der Waals surface area contributed by atoms with Crippen LogP contribution in [0.4, 0.5) is 0 Å². The van der Waals surface area contributed by atoms with E-state index >= 15 is 0 Å². The van der Waals surface area contributed by atoms with Gasteiger partial charge >= 0.3 is 0 Å². The molecule has 240 valence electrons. The second-order valence-electron chi connectivity index (χ2n) is 11.6. The highest BCUT2D eigenvalue weighted by Crippen LogP contribution is 2.24. The second-order valence-corrected chi connectivity index (χ2v) is 11.6. The predicted molar refractivity (Wildman–Crippen MR) is 187 cm³/mol. The van der Waals surface area contributed by atoms with E-state index in [1.165, 1.54) is 0 Å². The maximum absolute atomic E-state index is 11.8. The molecule has 0 spiro atoms. The highest BCUT2D eigenvalue weighted by Gasteiger charge is 2.39. The van der Waals surface area contributed by atoms with Crippen LogP contribution < -0.4 is 0 Å². The van der Waals surface area contributed by atoms with Crippen LogP contribution in [0, 0.1) is 12.3 Å². The quantitative estimate of drug-likeness (QED) is 0.103. The Morgan fingerprint density at radius 2 is 0.872 bits per heavy atom. The van der Waals surface area contributed by atoms with Gasteiger partial charge in [-0.1, -0.05) is 158 Å². The number of hydrogen-bond donors (Lipinski definition) is 1. The largest absolute Gasteiger partial charge is 0.388 e. The Hall–Kier alpha value is -4.54. The first-order valence-corrected chi connectivity index (χ1v) is 16.1. The van der Waals surface area contributed by atoms with Gasteiger partial charge < -0.3 is 19.3 Å². The van der Waals surface area contributed by atoms with Crippen LogP contribution in [0.15, 0.2) is 152 Å². The third-order valence-corrected chi connectivity index (χ3v) is 8.01. The summed E-state index contributed by atoms with van der Waals surface area (Å²) < 4.78 is 19.4. The lowest BCUT2D eigenvalue weighted by atomic mass is 9.98. The van der Waals surface area contributed by atoms with E-state index in [4.69, 9.17) is 20.6 Å². The highest BCUT2D eigenvalue weighted by atomic mass is 16.6. The van der Waals surface area contributed by atoms with Crippen molar-refractivity contribution in [3.8, 4) is 12.3 Å². The first-order valence-electron chi connectivity index (χ1n) is 16.1. The monoisotopic (exact) mass is 625 g/mol. The summed E-state index contributed by atoms with van der Waals surface area (Å²) in [4.78, 5) is 2.23. The normalized spacial score (nSPS) is 13.8. The van der Waals surface area contributed by atoms with Crippen LogP contribution in [0.1, 0.15) is 27.8 Å². The zero-order chi connectivity index (χ0) is 32.5. The van der Waals surface area contributed by atoms with Crippen molar-refractivity contribution in [2.45, 2.75) is 57.3 Å². The molecule has 0 radical (unpaired) electrons. The van der Waals surface area contributed by atoms with Gasteiger partial charge in [0.1, 0.15) is 24.4 Å². The van der Waals surface area contributed by atoms with Crippen molar-refractivity contribution in [1.29, 1.82) is 0 Å². The Morgan fingerprint density at radius 1 is 0.511 bits per heavy atom. The summed E-state index contributed by atoms with van der Waals surface area (Å²) in [5.41, 5.74) is 5.26. The number of aliphatic hydroxyl groups excluding tert-OH is 1. The van der Waals surface area contributed by atoms with Crippen molar-refractivity contribution in [3.05, 3.63) is 179 Å². The van der Waals surface area contributed by atoms with Gasteiger partial charge in [-0.2, -0.15) is 0 Å². The lowest BCUT2D eigenvalue weighted by Gasteiger charge is -2.39. The number of nitrogens with zero attached hydrogens (tertiary/aromatic N) is 1. The fourth-order valence-electron chi connectivity index (χ4n) is 5.59. The number of ether oxygens (including phenoxy) is 3. The Morgan fingerprint density at radius 3 is 1.28 bits per heavy atom. The third-order valence-electron chi connectivity index (χ3n) is 8.01. The Labute approximate surface area is 279 Å². The van der Waals surface area contributed by atoms with Crippen LogP contribution >= 0.6 is 0 Å². The van der Waals surface area contributed by atoms with Gasteiger partial charge in [-0.05, 0) is 27.8 Å². The molecule has 5 rings (SSSR count). The molecule has 0 aliphatic heterocycles. The topological polar surface area (TPSA) is 51.2 Å². The maximum atomic E-state index is 11.8. The minimum Gasteiger partial charge on any atom is -0.388 e. The van der Waals surface area contributed by atoms with Crippen LogP contribution in [0.25, 0.3) is 0 Å². The first-order chi connectivity index (χ1) is 23.2. The first kappa shape index (κ1) is 33.8. The molecule has 5 heteroatoms. The Balaban J connectivity index is 1.47. The van der Waals surface area contributed by atoms with E-state index in [-0.39, 0.29) is 13.2 Å². The van der Waals surface area contributed by atoms with E-state index in [1.54, 1.807) is 0 Å². The summed E-state index contributed by atoms with van der Waals surface area (Å²) in [7, 11) is 0. The van der Waals surface area contributed by atoms with Crippen LogP contribution in [0.2, 0.25) is 0 Å². The van der Waals surface area contributed by atoms with Crippen LogP contribution in [-0.2, 0) is 47.1 Å². The molecule has 0 unspecified atom stereocenters. The lowest BCUT2D eigenvalue weighted by Crippen LogP contribution is -2.54. The van der Waals surface area contributed by atoms with Crippen molar-refractivity contribution >= 4 is 0 Å². The van der Waals surface area contributed by atoms with Crippen molar-refractivity contribution in [3.63, 3.8) is 0 Å². The summed E-state index contributed by atoms with van der Waals surface area (Å²) in [5, 5.41) is 11.8. The average Bonchev–Trinajstić information content (AvgIpc) is 3.13. The van der Waals surface area contributed by atoms with E-state index in [1.807, 2.05) is 127 Å². The van der Waals surface area contributed by atoms with Crippen molar-refractivity contribution < 1.29 is 19.3 Å². The molecule has 5 aromatic rings. The SMILES string of the molecule is C#C[C@H]([C@@H](OCc1ccccc1)[C@H](OCc1ccccc1)[C@H](O)COCc1ccccc1)N(Cc1ccccc1)Cc1ccccc1. The summed E-state index contributed by atoms with van der Waals surface area (Å²) in [6, 6.07) is 49.8. The molecule has 0 saturated heterocycles. The van der Waals surface area contributed by atoms with Gasteiger partial charge in [-0.3, -0.25) is 4.90 Å². The number of rotatable bonds is 18. The lowest BCUT2D eigenvalue weighted by molar-refractivity contribution is -0.161. The average molecular weight is 626 g/mol. The molecule has 0 aromatic heterocycles. The Kier molecular flexibility index (Phi) is 13.4. The number of aliphatic hydroxyl groups is 1. The maximum Gasteiger partial charge on any atom is 0.115 e. The molecule has 5 aromatic carbocycles. The minimum atomic E-state index is -1.02. The molecule has 0 saturated carbocycles. The fourth-order valence-corrected chi connectivity index (χ4v) is 5.59. The van der Waals surface area contributed by atoms with Gasteiger partial charge in [-0.25, -0.2) is 0 Å². The second kappa shape index (κ2) is 18.6. The Bertz CT molecular complexity index is 1550. The van der Waals surface area contributed by atoms with Gasteiger partial charge in [0, 0.05) is 13.1 Å². The molecule has 0 bridgehead atoms. The molecular formula is C42H43NO4. The molecule has 0 amide bonds. The van der Waals surface area contributed by atoms with Gasteiger partial charge in [0.05, 0.1) is 26.4 Å². The van der Waals surface area contributed by atoms with Gasteiger partial charge in [0.2, 0.25) is 0 Å². The summed E-state index contributed by atoms with van der Waals surface area (Å²) in [6.45, 7) is 2.17. The molecule has 5 nitrogen and oxygen atoms in total. The molecule has 1 N–H and O–H groups in total. The van der Waals surface area contributed by atoms with Crippen molar-refractivity contribution in [1.82, 2.24) is 4.90 Å². The van der Waals surface area contributed by atoms with Crippen molar-refractivity contribution in [2.24, 2.45) is 0 Å². The molecule has 0 heterocycles. The smallest absolute Gasteiger partial charge is 0.115 e. The van der Waals surface area contributed by atoms with Crippen LogP contribution in [-0.4, -0.2) is 41.0 Å². The zero-order valence-electron chi connectivity index (χ0n) is 26.7. The third kappa shape index (κ3) is 10.8. The molecule has 4 atom stereocenters. The molecule has 0 fully saturated rings. The fraction of sp³-hybridized carbons (Fsp3) is 0.238. The van der Waals surface area contributed by atoms with Crippen LogP contribution in [0.3, 0.4) is 0 Å². The molecule has 0 aliphatic rings. The van der Waals surface area contributed by atoms with Crippen LogP contribution in [0.5, 0.6) is 0 Å². The van der Waals surface area contributed by atoms with E-state index in [2.05, 4.69) is 35.1 Å². The summed E-state index contributed by atoms with van der Waals surface area (Å²) in [6.07, 6.45) is 3.91. The van der Waals surface area contributed by atoms with E-state index in [0.717, 1.165) is 27.8 Å². The molecular weight excluding hydrogens is 582 g/mol. The standard InChI is InChI=1S/C42H43NO4/c1-2-39(43(28-34-18-8-3-9-19-34)29-35-20-10-4-11-21-35)41(46-31-37-24-14-6-15-25-37)42(47-32-38-26-16-7-17-27-38)40(44)33-45-30-36-22-12-5-13-23-36/h1,3-27,39-42,44H,28-33H2/t39-,40-,41-,42-/m1/s1. The van der Waals surface area contributed by atoms with E-state index in [9.17, 15) is 5.11 Å².